The summed E-state index contributed by atoms with van der Waals surface area (Å²) in [6.07, 6.45) is 1.81. The fourth-order valence-corrected chi connectivity index (χ4v) is 2.06. The summed E-state index contributed by atoms with van der Waals surface area (Å²) in [5.74, 6) is 0.858. The summed E-state index contributed by atoms with van der Waals surface area (Å²) in [6.45, 7) is 3.52. The predicted octanol–water partition coefficient (Wildman–Crippen LogP) is 2.21. The first-order valence-electron chi connectivity index (χ1n) is 6.73. The van der Waals surface area contributed by atoms with Gasteiger partial charge in [-0.2, -0.15) is 0 Å². The lowest BCUT2D eigenvalue weighted by Crippen LogP contribution is -2.27. The second kappa shape index (κ2) is 6.91. The number of hydrogen-bond acceptors (Lipinski definition) is 3. The van der Waals surface area contributed by atoms with Crippen LogP contribution in [0.5, 0.6) is 5.75 Å². The highest BCUT2D eigenvalue weighted by Gasteiger charge is 2.04. The first-order valence-corrected chi connectivity index (χ1v) is 6.73. The van der Waals surface area contributed by atoms with Crippen LogP contribution in [0.4, 0.5) is 0 Å². The van der Waals surface area contributed by atoms with Crippen LogP contribution in [0.15, 0.2) is 53.5 Å². The molecule has 1 N–H and O–H groups in total. The Labute approximate surface area is 119 Å². The minimum atomic E-state index is 0.0337. The highest BCUT2D eigenvalue weighted by atomic mass is 16.5. The van der Waals surface area contributed by atoms with Crippen LogP contribution in [0.1, 0.15) is 18.5 Å². The van der Waals surface area contributed by atoms with E-state index in [0.29, 0.717) is 6.54 Å². The average molecular weight is 272 g/mol. The van der Waals surface area contributed by atoms with Gasteiger partial charge in [-0.05, 0) is 30.7 Å². The zero-order valence-electron chi connectivity index (χ0n) is 11.9. The molecule has 0 aliphatic heterocycles. The van der Waals surface area contributed by atoms with Crippen molar-refractivity contribution in [3.63, 3.8) is 0 Å². The largest absolute Gasteiger partial charge is 0.497 e. The summed E-state index contributed by atoms with van der Waals surface area (Å²) >= 11 is 0. The summed E-state index contributed by atoms with van der Waals surface area (Å²) < 4.78 is 6.84. The van der Waals surface area contributed by atoms with Gasteiger partial charge in [-0.25, -0.2) is 0 Å². The highest BCUT2D eigenvalue weighted by molar-refractivity contribution is 5.28. The van der Waals surface area contributed by atoms with Gasteiger partial charge in [-0.15, -0.1) is 0 Å². The van der Waals surface area contributed by atoms with E-state index in [4.69, 9.17) is 4.74 Å². The topological polar surface area (TPSA) is 43.3 Å². The van der Waals surface area contributed by atoms with Crippen LogP contribution in [0.25, 0.3) is 0 Å². The van der Waals surface area contributed by atoms with Gasteiger partial charge in [0, 0.05) is 31.4 Å². The molecule has 106 valence electrons. The Bertz CT molecular complexity index is 590. The van der Waals surface area contributed by atoms with Crippen molar-refractivity contribution in [1.29, 1.82) is 0 Å². The van der Waals surface area contributed by atoms with Gasteiger partial charge in [0.05, 0.1) is 7.11 Å². The number of pyridine rings is 1. The first kappa shape index (κ1) is 14.3. The zero-order valence-corrected chi connectivity index (χ0v) is 11.9. The van der Waals surface area contributed by atoms with Crippen LogP contribution in [0, 0.1) is 0 Å². The molecule has 0 saturated carbocycles. The van der Waals surface area contributed by atoms with Crippen molar-refractivity contribution >= 4 is 0 Å². The summed E-state index contributed by atoms with van der Waals surface area (Å²) in [5.41, 5.74) is 1.23. The summed E-state index contributed by atoms with van der Waals surface area (Å²) in [6, 6.07) is 13.4. The molecule has 4 nitrogen and oxygen atoms in total. The molecule has 0 aliphatic rings. The van der Waals surface area contributed by atoms with E-state index in [1.54, 1.807) is 23.8 Å². The molecule has 2 rings (SSSR count). The maximum atomic E-state index is 11.6. The van der Waals surface area contributed by atoms with Crippen molar-refractivity contribution in [1.82, 2.24) is 9.88 Å². The van der Waals surface area contributed by atoms with Gasteiger partial charge in [-0.1, -0.05) is 18.2 Å². The Kier molecular flexibility index (Phi) is 4.96. The van der Waals surface area contributed by atoms with Crippen molar-refractivity contribution in [2.24, 2.45) is 0 Å². The van der Waals surface area contributed by atoms with Gasteiger partial charge in [0.25, 0.3) is 5.56 Å². The molecular weight excluding hydrogens is 252 g/mol. The van der Waals surface area contributed by atoms with Gasteiger partial charge >= 0.3 is 0 Å². The molecular formula is C16H20N2O2. The molecule has 20 heavy (non-hydrogen) atoms. The summed E-state index contributed by atoms with van der Waals surface area (Å²) in [4.78, 5) is 11.6. The third-order valence-electron chi connectivity index (χ3n) is 3.32. The number of aromatic nitrogens is 1. The SMILES string of the molecule is COc1ccc([C@@H](C)NCCn2ccccc2=O)cc1. The Morgan fingerprint density at radius 3 is 2.60 bits per heavy atom. The number of nitrogens with zero attached hydrogens (tertiary/aromatic N) is 1. The molecule has 0 unspecified atom stereocenters. The highest BCUT2D eigenvalue weighted by Crippen LogP contribution is 2.16. The van der Waals surface area contributed by atoms with Gasteiger partial charge in [0.2, 0.25) is 0 Å². The Balaban J connectivity index is 1.87. The third kappa shape index (κ3) is 3.71. The molecule has 1 atom stereocenters. The van der Waals surface area contributed by atoms with Crippen LogP contribution in [-0.2, 0) is 6.54 Å². The molecule has 1 aromatic carbocycles. The van der Waals surface area contributed by atoms with Gasteiger partial charge < -0.3 is 14.6 Å². The lowest BCUT2D eigenvalue weighted by Gasteiger charge is -2.15. The number of methoxy groups -OCH3 is 1. The molecule has 1 aromatic heterocycles. The average Bonchev–Trinajstić information content (AvgIpc) is 2.49. The van der Waals surface area contributed by atoms with Gasteiger partial charge in [0.15, 0.2) is 0 Å². The monoisotopic (exact) mass is 272 g/mol. The van der Waals surface area contributed by atoms with Crippen molar-refractivity contribution in [2.45, 2.75) is 19.5 Å². The maximum absolute atomic E-state index is 11.6. The van der Waals surface area contributed by atoms with E-state index in [1.165, 1.54) is 5.56 Å². The minimum Gasteiger partial charge on any atom is -0.497 e. The number of nitrogens with one attached hydrogen (secondary N) is 1. The Morgan fingerprint density at radius 1 is 1.20 bits per heavy atom. The van der Waals surface area contributed by atoms with Crippen LogP contribution >= 0.6 is 0 Å². The molecule has 0 fully saturated rings. The summed E-state index contributed by atoms with van der Waals surface area (Å²) in [7, 11) is 1.66. The minimum absolute atomic E-state index is 0.0337. The zero-order chi connectivity index (χ0) is 14.4. The molecule has 0 saturated heterocycles. The molecule has 0 amide bonds. The fourth-order valence-electron chi connectivity index (χ4n) is 2.06. The van der Waals surface area contributed by atoms with Crippen molar-refractivity contribution in [3.8, 4) is 5.75 Å². The molecule has 0 aliphatic carbocycles. The van der Waals surface area contributed by atoms with Crippen molar-refractivity contribution < 1.29 is 4.74 Å². The summed E-state index contributed by atoms with van der Waals surface area (Å²) in [5, 5.41) is 3.41. The Hall–Kier alpha value is -2.07. The number of ether oxygens (including phenoxy) is 1. The van der Waals surface area contributed by atoms with Gasteiger partial charge in [-0.3, -0.25) is 4.79 Å². The fraction of sp³-hybridized carbons (Fsp3) is 0.312. The first-order chi connectivity index (χ1) is 9.70. The van der Waals surface area contributed by atoms with Crippen LogP contribution in [0.2, 0.25) is 0 Å². The maximum Gasteiger partial charge on any atom is 0.250 e. The second-order valence-electron chi connectivity index (χ2n) is 4.68. The molecule has 0 radical (unpaired) electrons. The predicted molar refractivity (Wildman–Crippen MR) is 80.1 cm³/mol. The van der Waals surface area contributed by atoms with E-state index >= 15 is 0 Å². The molecule has 0 bridgehead atoms. The third-order valence-corrected chi connectivity index (χ3v) is 3.32. The Morgan fingerprint density at radius 2 is 1.95 bits per heavy atom. The lowest BCUT2D eigenvalue weighted by atomic mass is 10.1. The normalized spacial score (nSPS) is 12.1. The molecule has 2 aromatic rings. The van der Waals surface area contributed by atoms with Crippen molar-refractivity contribution in [2.75, 3.05) is 13.7 Å². The van der Waals surface area contributed by atoms with E-state index in [1.807, 2.05) is 36.5 Å². The molecule has 1 heterocycles. The van der Waals surface area contributed by atoms with E-state index in [2.05, 4.69) is 12.2 Å². The van der Waals surface area contributed by atoms with E-state index in [0.717, 1.165) is 12.3 Å². The number of rotatable bonds is 6. The lowest BCUT2D eigenvalue weighted by molar-refractivity contribution is 0.414. The van der Waals surface area contributed by atoms with E-state index in [-0.39, 0.29) is 11.6 Å². The number of benzene rings is 1. The quantitative estimate of drug-likeness (QED) is 0.876. The van der Waals surface area contributed by atoms with Gasteiger partial charge in [0.1, 0.15) is 5.75 Å². The van der Waals surface area contributed by atoms with E-state index < -0.39 is 0 Å². The van der Waals surface area contributed by atoms with Crippen LogP contribution < -0.4 is 15.6 Å². The second-order valence-corrected chi connectivity index (χ2v) is 4.68. The standard InChI is InChI=1S/C16H20N2O2/c1-13(14-6-8-15(20-2)9-7-14)17-10-12-18-11-4-3-5-16(18)19/h3-9,11,13,17H,10,12H2,1-2H3/t13-/m1/s1. The van der Waals surface area contributed by atoms with Crippen LogP contribution in [-0.4, -0.2) is 18.2 Å². The smallest absolute Gasteiger partial charge is 0.250 e. The molecule has 0 spiro atoms. The number of hydrogen-bond donors (Lipinski definition) is 1. The molecule has 4 heteroatoms. The van der Waals surface area contributed by atoms with E-state index in [9.17, 15) is 4.79 Å². The van der Waals surface area contributed by atoms with Crippen LogP contribution in [0.3, 0.4) is 0 Å². The van der Waals surface area contributed by atoms with Crippen molar-refractivity contribution in [3.05, 3.63) is 64.6 Å².